The fourth-order valence-electron chi connectivity index (χ4n) is 1.91. The number of carbonyl (C=O) groups excluding carboxylic acids is 1. The summed E-state index contributed by atoms with van der Waals surface area (Å²) in [6.07, 6.45) is 3.78. The molecule has 0 N–H and O–H groups in total. The van der Waals surface area contributed by atoms with Gasteiger partial charge in [0.25, 0.3) is 0 Å². The molecule has 3 atom stereocenters. The van der Waals surface area contributed by atoms with E-state index < -0.39 is 0 Å². The van der Waals surface area contributed by atoms with Crippen molar-refractivity contribution in [2.45, 2.75) is 32.0 Å². The molecule has 2 nitrogen and oxygen atoms in total. The van der Waals surface area contributed by atoms with Crippen molar-refractivity contribution in [3.8, 4) is 0 Å². The number of ether oxygens (including phenoxy) is 1. The highest BCUT2D eigenvalue weighted by Crippen LogP contribution is 2.41. The lowest BCUT2D eigenvalue weighted by atomic mass is 9.89. The summed E-state index contributed by atoms with van der Waals surface area (Å²) >= 11 is 3.42. The molecule has 1 saturated heterocycles. The first-order chi connectivity index (χ1) is 5.72. The van der Waals surface area contributed by atoms with Crippen molar-refractivity contribution in [1.29, 1.82) is 0 Å². The summed E-state index contributed by atoms with van der Waals surface area (Å²) in [6, 6.07) is 0. The van der Waals surface area contributed by atoms with Gasteiger partial charge in [0.1, 0.15) is 5.78 Å². The van der Waals surface area contributed by atoms with Crippen LogP contribution in [0.3, 0.4) is 0 Å². The van der Waals surface area contributed by atoms with Crippen molar-refractivity contribution in [3.05, 3.63) is 10.6 Å². The largest absolute Gasteiger partial charge is 0.365 e. The maximum absolute atomic E-state index is 11.4. The molecular weight excluding hydrogens is 220 g/mol. The normalized spacial score (nSPS) is 38.5. The van der Waals surface area contributed by atoms with Gasteiger partial charge in [-0.05, 0) is 12.5 Å². The van der Waals surface area contributed by atoms with Crippen molar-refractivity contribution >= 4 is 21.7 Å². The number of hydrogen-bond acceptors (Lipinski definition) is 2. The topological polar surface area (TPSA) is 26.3 Å². The third-order valence-corrected chi connectivity index (χ3v) is 3.27. The summed E-state index contributed by atoms with van der Waals surface area (Å²) in [4.78, 5) is 11.4. The number of carbonyl (C=O) groups is 1. The fraction of sp³-hybridized carbons (Fsp3) is 0.667. The highest BCUT2D eigenvalue weighted by molar-refractivity contribution is 9.11. The van der Waals surface area contributed by atoms with Gasteiger partial charge in [-0.2, -0.15) is 0 Å². The molecule has 12 heavy (non-hydrogen) atoms. The Bertz CT molecular complexity index is 247. The molecule has 0 spiro atoms. The van der Waals surface area contributed by atoms with Crippen LogP contribution < -0.4 is 0 Å². The van der Waals surface area contributed by atoms with Crippen LogP contribution in [0.25, 0.3) is 0 Å². The number of rotatable bonds is 2. The van der Waals surface area contributed by atoms with E-state index in [9.17, 15) is 4.79 Å². The molecule has 2 bridgehead atoms. The Morgan fingerprint density at radius 2 is 2.58 bits per heavy atom. The monoisotopic (exact) mass is 230 g/mol. The number of halogens is 1. The zero-order valence-corrected chi connectivity index (χ0v) is 8.50. The molecule has 0 radical (unpaired) electrons. The molecule has 2 aliphatic heterocycles. The number of hydrogen-bond donors (Lipinski definition) is 0. The molecule has 0 aromatic heterocycles. The molecule has 3 unspecified atom stereocenters. The van der Waals surface area contributed by atoms with Crippen LogP contribution in [0.15, 0.2) is 10.6 Å². The second-order valence-corrected chi connectivity index (χ2v) is 4.22. The quantitative estimate of drug-likeness (QED) is 0.726. The standard InChI is InChI=1S/C9H11BrO2/c1-2-8(11)6-3-5-4-7(10)9(6)12-5/h4-6,9H,2-3H2,1H3. The zero-order valence-electron chi connectivity index (χ0n) is 6.92. The summed E-state index contributed by atoms with van der Waals surface area (Å²) in [6.45, 7) is 1.91. The average molecular weight is 231 g/mol. The molecule has 0 amide bonds. The predicted octanol–water partition coefficient (Wildman–Crippen LogP) is 2.03. The fourth-order valence-corrected chi connectivity index (χ4v) is 2.63. The molecule has 3 heteroatoms. The Labute approximate surface area is 80.1 Å². The van der Waals surface area contributed by atoms with Crippen molar-refractivity contribution in [2.75, 3.05) is 0 Å². The van der Waals surface area contributed by atoms with Crippen LogP contribution >= 0.6 is 15.9 Å². The molecule has 2 heterocycles. The van der Waals surface area contributed by atoms with E-state index >= 15 is 0 Å². The van der Waals surface area contributed by atoms with Crippen LogP contribution in [-0.2, 0) is 9.53 Å². The first-order valence-electron chi connectivity index (χ1n) is 4.27. The summed E-state index contributed by atoms with van der Waals surface area (Å²) in [5.74, 6) is 0.437. The highest BCUT2D eigenvalue weighted by atomic mass is 79.9. The lowest BCUT2D eigenvalue weighted by Gasteiger charge is -2.15. The Kier molecular flexibility index (Phi) is 2.09. The Morgan fingerprint density at radius 1 is 1.83 bits per heavy atom. The second kappa shape index (κ2) is 2.96. The predicted molar refractivity (Wildman–Crippen MR) is 49.1 cm³/mol. The van der Waals surface area contributed by atoms with Gasteiger partial charge in [-0.1, -0.05) is 22.9 Å². The molecule has 2 rings (SSSR count). The van der Waals surface area contributed by atoms with Crippen molar-refractivity contribution in [1.82, 2.24) is 0 Å². The summed E-state index contributed by atoms with van der Waals surface area (Å²) in [5, 5.41) is 0. The van der Waals surface area contributed by atoms with E-state index in [1.165, 1.54) is 0 Å². The van der Waals surface area contributed by atoms with Crippen LogP contribution in [0.4, 0.5) is 0 Å². The van der Waals surface area contributed by atoms with Crippen LogP contribution in [-0.4, -0.2) is 18.0 Å². The molecule has 1 fully saturated rings. The minimum absolute atomic E-state index is 0.0300. The lowest BCUT2D eigenvalue weighted by molar-refractivity contribution is -0.123. The Morgan fingerprint density at radius 3 is 3.08 bits per heavy atom. The first-order valence-corrected chi connectivity index (χ1v) is 5.07. The van der Waals surface area contributed by atoms with Gasteiger partial charge in [0, 0.05) is 10.9 Å². The highest BCUT2D eigenvalue weighted by Gasteiger charge is 2.43. The minimum atomic E-state index is 0.0300. The SMILES string of the molecule is CCC(=O)C1CC2C=C(Br)C1O2. The molecule has 0 saturated carbocycles. The number of fused-ring (bicyclic) bond motifs is 2. The van der Waals surface area contributed by atoms with E-state index in [1.54, 1.807) is 0 Å². The van der Waals surface area contributed by atoms with Gasteiger partial charge in [-0.3, -0.25) is 4.79 Å². The minimum Gasteiger partial charge on any atom is -0.365 e. The summed E-state index contributed by atoms with van der Waals surface area (Å²) in [7, 11) is 0. The lowest BCUT2D eigenvalue weighted by Crippen LogP contribution is -2.24. The van der Waals surface area contributed by atoms with E-state index in [1.807, 2.05) is 6.92 Å². The van der Waals surface area contributed by atoms with E-state index in [-0.39, 0.29) is 18.1 Å². The molecule has 0 aromatic rings. The zero-order chi connectivity index (χ0) is 8.72. The second-order valence-electron chi connectivity index (χ2n) is 3.31. The van der Waals surface area contributed by atoms with Crippen LogP contribution in [0, 0.1) is 5.92 Å². The Balaban J connectivity index is 2.14. The van der Waals surface area contributed by atoms with Gasteiger partial charge < -0.3 is 4.74 Å². The van der Waals surface area contributed by atoms with Gasteiger partial charge in [0.2, 0.25) is 0 Å². The maximum atomic E-state index is 11.4. The van der Waals surface area contributed by atoms with Gasteiger partial charge in [-0.15, -0.1) is 0 Å². The van der Waals surface area contributed by atoms with Gasteiger partial charge in [0.15, 0.2) is 0 Å². The van der Waals surface area contributed by atoms with Crippen LogP contribution in [0.5, 0.6) is 0 Å². The Hall–Kier alpha value is -0.150. The van der Waals surface area contributed by atoms with E-state index in [2.05, 4.69) is 22.0 Å². The third-order valence-electron chi connectivity index (χ3n) is 2.55. The third kappa shape index (κ3) is 1.15. The van der Waals surface area contributed by atoms with E-state index in [0.29, 0.717) is 12.2 Å². The van der Waals surface area contributed by atoms with E-state index in [0.717, 1.165) is 10.9 Å². The number of Topliss-reactive ketones (excluding diaryl/α,β-unsaturated/α-hetero) is 1. The van der Waals surface area contributed by atoms with Crippen molar-refractivity contribution in [2.24, 2.45) is 5.92 Å². The summed E-state index contributed by atoms with van der Waals surface area (Å²) in [5.41, 5.74) is 0. The number of ketones is 1. The van der Waals surface area contributed by atoms with Gasteiger partial charge in [0.05, 0.1) is 18.1 Å². The summed E-state index contributed by atoms with van der Waals surface area (Å²) < 4.78 is 6.62. The molecular formula is C9H11BrO2. The molecule has 0 aromatic carbocycles. The molecule has 66 valence electrons. The van der Waals surface area contributed by atoms with Crippen molar-refractivity contribution < 1.29 is 9.53 Å². The molecule has 0 aliphatic carbocycles. The maximum Gasteiger partial charge on any atom is 0.138 e. The van der Waals surface area contributed by atoms with Crippen molar-refractivity contribution in [3.63, 3.8) is 0 Å². The van der Waals surface area contributed by atoms with Gasteiger partial charge >= 0.3 is 0 Å². The molecule has 2 aliphatic rings. The first kappa shape index (κ1) is 8.45. The smallest absolute Gasteiger partial charge is 0.138 e. The average Bonchev–Trinajstić information content (AvgIpc) is 2.60. The van der Waals surface area contributed by atoms with Crippen LogP contribution in [0.2, 0.25) is 0 Å². The van der Waals surface area contributed by atoms with E-state index in [4.69, 9.17) is 4.74 Å². The van der Waals surface area contributed by atoms with Gasteiger partial charge in [-0.25, -0.2) is 0 Å². The van der Waals surface area contributed by atoms with Crippen LogP contribution in [0.1, 0.15) is 19.8 Å².